The van der Waals surface area contributed by atoms with Gasteiger partial charge in [0.2, 0.25) is 11.8 Å². The van der Waals surface area contributed by atoms with Crippen LogP contribution < -0.4 is 20.1 Å². The summed E-state index contributed by atoms with van der Waals surface area (Å²) in [6, 6.07) is 10.5. The number of hydrogen-bond acceptors (Lipinski definition) is 6. The van der Waals surface area contributed by atoms with Crippen molar-refractivity contribution in [1.82, 2.24) is 9.80 Å². The summed E-state index contributed by atoms with van der Waals surface area (Å²) >= 11 is 0. The molecule has 1 heterocycles. The molecule has 0 saturated heterocycles. The van der Waals surface area contributed by atoms with Gasteiger partial charge in [-0.2, -0.15) is 13.2 Å². The second-order valence-corrected chi connectivity index (χ2v) is 10.4. The fraction of sp³-hybridized carbons (Fsp3) is 0.483. The van der Waals surface area contributed by atoms with Crippen LogP contribution in [0.3, 0.4) is 0 Å². The highest BCUT2D eigenvalue weighted by molar-refractivity contribution is 5.91. The smallest absolute Gasteiger partial charge is 0.389 e. The second kappa shape index (κ2) is 14.3. The zero-order valence-corrected chi connectivity index (χ0v) is 24.0. The van der Waals surface area contributed by atoms with Crippen molar-refractivity contribution in [3.05, 3.63) is 48.0 Å². The number of fused-ring (bicyclic) bond motifs is 1. The van der Waals surface area contributed by atoms with E-state index in [1.54, 1.807) is 56.3 Å². The van der Waals surface area contributed by atoms with Crippen molar-refractivity contribution in [3.63, 3.8) is 0 Å². The Kier molecular flexibility index (Phi) is 11.0. The molecule has 3 rings (SSSR count). The molecule has 0 saturated carbocycles. The van der Waals surface area contributed by atoms with E-state index in [1.807, 2.05) is 6.92 Å². The third-order valence-electron chi connectivity index (χ3n) is 6.98. The van der Waals surface area contributed by atoms with Gasteiger partial charge >= 0.3 is 12.2 Å². The van der Waals surface area contributed by atoms with E-state index < -0.39 is 37.1 Å². The standard InChI is InChI=1S/C29H37F3N4O6/c1-18-15-36(19(2)17-37)27(39)14-20-13-22(33-26(38)11-12-29(30,31)32)7-10-24(20)42-25(18)16-35(3)28(40)34-21-5-8-23(41-4)9-6-21/h5-10,13,18-19,25,37H,11-12,14-17H2,1-4H3,(H,33,38)(H,34,40)/t18-,19+,25-/m0/s1. The summed E-state index contributed by atoms with van der Waals surface area (Å²) in [5.41, 5.74) is 1.20. The Hall–Kier alpha value is -4.00. The number of benzene rings is 2. The minimum Gasteiger partial charge on any atom is -0.497 e. The average Bonchev–Trinajstić information content (AvgIpc) is 2.99. The van der Waals surface area contributed by atoms with Crippen LogP contribution in [-0.4, -0.2) is 84.9 Å². The Morgan fingerprint density at radius 3 is 2.45 bits per heavy atom. The van der Waals surface area contributed by atoms with Gasteiger partial charge in [-0.3, -0.25) is 9.59 Å². The molecule has 230 valence electrons. The van der Waals surface area contributed by atoms with E-state index >= 15 is 0 Å². The van der Waals surface area contributed by atoms with Gasteiger partial charge in [0.25, 0.3) is 0 Å². The van der Waals surface area contributed by atoms with Crippen molar-refractivity contribution in [2.75, 3.05) is 44.5 Å². The van der Waals surface area contributed by atoms with Gasteiger partial charge in [0.05, 0.1) is 39.1 Å². The Labute approximate surface area is 242 Å². The van der Waals surface area contributed by atoms with Crippen molar-refractivity contribution in [2.45, 2.75) is 51.4 Å². The lowest BCUT2D eigenvalue weighted by atomic mass is 10.0. The maximum absolute atomic E-state index is 13.3. The van der Waals surface area contributed by atoms with Gasteiger partial charge in [-0.05, 0) is 49.4 Å². The lowest BCUT2D eigenvalue weighted by Crippen LogP contribution is -2.48. The van der Waals surface area contributed by atoms with Crippen LogP contribution in [0, 0.1) is 5.92 Å². The minimum absolute atomic E-state index is 0.126. The molecule has 0 bridgehead atoms. The Morgan fingerprint density at radius 1 is 1.17 bits per heavy atom. The molecule has 0 aliphatic carbocycles. The number of ether oxygens (including phenoxy) is 2. The number of alkyl halides is 3. The number of nitrogens with one attached hydrogen (secondary N) is 2. The normalized spacial score (nSPS) is 18.0. The molecule has 3 atom stereocenters. The number of carbonyl (C=O) groups excluding carboxylic acids is 3. The molecule has 0 fully saturated rings. The first kappa shape index (κ1) is 32.5. The van der Waals surface area contributed by atoms with Crippen LogP contribution in [0.2, 0.25) is 0 Å². The summed E-state index contributed by atoms with van der Waals surface area (Å²) in [5.74, 6) is -0.384. The van der Waals surface area contributed by atoms with Gasteiger partial charge in [-0.15, -0.1) is 0 Å². The molecule has 3 N–H and O–H groups in total. The first-order chi connectivity index (χ1) is 19.8. The number of methoxy groups -OCH3 is 1. The first-order valence-corrected chi connectivity index (χ1v) is 13.5. The molecular formula is C29H37F3N4O6. The van der Waals surface area contributed by atoms with Gasteiger partial charge in [-0.25, -0.2) is 4.79 Å². The van der Waals surface area contributed by atoms with Crippen molar-refractivity contribution in [1.29, 1.82) is 0 Å². The number of carbonyl (C=O) groups is 3. The predicted molar refractivity (Wildman–Crippen MR) is 151 cm³/mol. The number of aliphatic hydroxyl groups excluding tert-OH is 1. The molecule has 0 radical (unpaired) electrons. The number of likely N-dealkylation sites (N-methyl/N-ethyl adjacent to an activating group) is 1. The summed E-state index contributed by atoms with van der Waals surface area (Å²) < 4.78 is 49.1. The fourth-order valence-corrected chi connectivity index (χ4v) is 4.45. The van der Waals surface area contributed by atoms with Gasteiger partial charge < -0.3 is 35.0 Å². The van der Waals surface area contributed by atoms with Gasteiger partial charge in [0, 0.05) is 42.9 Å². The zero-order chi connectivity index (χ0) is 31.0. The molecule has 42 heavy (non-hydrogen) atoms. The number of urea groups is 1. The Bertz CT molecular complexity index is 1240. The van der Waals surface area contributed by atoms with Crippen molar-refractivity contribution in [3.8, 4) is 11.5 Å². The van der Waals surface area contributed by atoms with Crippen LogP contribution in [0.15, 0.2) is 42.5 Å². The van der Waals surface area contributed by atoms with Gasteiger partial charge in [-0.1, -0.05) is 6.92 Å². The number of halogens is 3. The second-order valence-electron chi connectivity index (χ2n) is 10.4. The molecule has 4 amide bonds. The SMILES string of the molecule is COc1ccc(NC(=O)N(C)C[C@@H]2Oc3ccc(NC(=O)CCC(F)(F)F)cc3CC(=O)N([C@H](C)CO)C[C@@H]2C)cc1. The maximum Gasteiger partial charge on any atom is 0.389 e. The van der Waals surface area contributed by atoms with Crippen LogP contribution >= 0.6 is 0 Å². The zero-order valence-electron chi connectivity index (χ0n) is 24.0. The van der Waals surface area contributed by atoms with E-state index in [-0.39, 0.29) is 49.7 Å². The molecule has 0 spiro atoms. The lowest BCUT2D eigenvalue weighted by Gasteiger charge is -2.34. The van der Waals surface area contributed by atoms with Gasteiger partial charge in [0.1, 0.15) is 17.6 Å². The summed E-state index contributed by atoms with van der Waals surface area (Å²) in [6.45, 7) is 3.72. The molecule has 2 aromatic rings. The predicted octanol–water partition coefficient (Wildman–Crippen LogP) is 4.29. The van der Waals surface area contributed by atoms with Crippen LogP contribution in [0.25, 0.3) is 0 Å². The molecular weight excluding hydrogens is 557 g/mol. The third-order valence-corrected chi connectivity index (χ3v) is 6.98. The highest BCUT2D eigenvalue weighted by Gasteiger charge is 2.32. The van der Waals surface area contributed by atoms with E-state index in [0.717, 1.165) is 0 Å². The summed E-state index contributed by atoms with van der Waals surface area (Å²) in [7, 11) is 3.16. The summed E-state index contributed by atoms with van der Waals surface area (Å²) in [6.07, 6.45) is -7.15. The quantitative estimate of drug-likeness (QED) is 0.399. The average molecular weight is 595 g/mol. The number of rotatable bonds is 9. The molecule has 0 aromatic heterocycles. The van der Waals surface area contributed by atoms with Crippen LogP contribution in [-0.2, 0) is 16.0 Å². The van der Waals surface area contributed by atoms with E-state index in [0.29, 0.717) is 22.7 Å². The molecule has 1 aliphatic rings. The summed E-state index contributed by atoms with van der Waals surface area (Å²) in [4.78, 5) is 41.4. The van der Waals surface area contributed by atoms with Crippen LogP contribution in [0.5, 0.6) is 11.5 Å². The number of hydrogen-bond donors (Lipinski definition) is 3. The highest BCUT2D eigenvalue weighted by atomic mass is 19.4. The topological polar surface area (TPSA) is 120 Å². The fourth-order valence-electron chi connectivity index (χ4n) is 4.45. The largest absolute Gasteiger partial charge is 0.497 e. The molecule has 2 aromatic carbocycles. The molecule has 0 unspecified atom stereocenters. The summed E-state index contributed by atoms with van der Waals surface area (Å²) in [5, 5.41) is 15.1. The van der Waals surface area contributed by atoms with E-state index in [1.165, 1.54) is 17.0 Å². The Morgan fingerprint density at radius 2 is 1.83 bits per heavy atom. The number of anilines is 2. The van der Waals surface area contributed by atoms with Gasteiger partial charge in [0.15, 0.2) is 0 Å². The maximum atomic E-state index is 13.3. The van der Waals surface area contributed by atoms with Crippen molar-refractivity contribution >= 4 is 29.2 Å². The lowest BCUT2D eigenvalue weighted by molar-refractivity contribution is -0.142. The van der Waals surface area contributed by atoms with E-state index in [9.17, 15) is 32.7 Å². The van der Waals surface area contributed by atoms with E-state index in [2.05, 4.69) is 10.6 Å². The molecule has 13 heteroatoms. The number of aliphatic hydroxyl groups is 1. The van der Waals surface area contributed by atoms with Crippen LogP contribution in [0.4, 0.5) is 29.3 Å². The third kappa shape index (κ3) is 9.26. The monoisotopic (exact) mass is 594 g/mol. The van der Waals surface area contributed by atoms with E-state index in [4.69, 9.17) is 9.47 Å². The molecule has 1 aliphatic heterocycles. The minimum atomic E-state index is -4.46. The first-order valence-electron chi connectivity index (χ1n) is 13.5. The number of nitrogens with zero attached hydrogens (tertiary/aromatic N) is 2. The highest BCUT2D eigenvalue weighted by Crippen LogP contribution is 2.30. The molecule has 10 nitrogen and oxygen atoms in total. The Balaban J connectivity index is 1.83. The van der Waals surface area contributed by atoms with Crippen LogP contribution in [0.1, 0.15) is 32.3 Å². The number of amides is 4. The van der Waals surface area contributed by atoms with Crippen molar-refractivity contribution in [2.24, 2.45) is 5.92 Å². The van der Waals surface area contributed by atoms with Crippen molar-refractivity contribution < 1.29 is 42.1 Å².